The molecule has 1 aliphatic heterocycles. The maximum Gasteiger partial charge on any atom is 0.443 e. The second-order valence-electron chi connectivity index (χ2n) is 2.12. The Bertz CT molecular complexity index is 188. The lowest BCUT2D eigenvalue weighted by atomic mass is 10.2. The van der Waals surface area contributed by atoms with Crippen LogP contribution >= 0.6 is 0 Å². The highest BCUT2D eigenvalue weighted by atomic mass is 19.3. The summed E-state index contributed by atoms with van der Waals surface area (Å²) in [5.74, 6) is -10.5. The molecule has 1 aliphatic rings. The van der Waals surface area contributed by atoms with Gasteiger partial charge in [-0.2, -0.15) is 31.7 Å². The number of alkyl halides is 6. The number of hydrogen-bond acceptors (Lipinski definition) is 2. The van der Waals surface area contributed by atoms with E-state index >= 15 is 0 Å². The van der Waals surface area contributed by atoms with E-state index in [1.165, 1.54) is 0 Å². The zero-order valence-corrected chi connectivity index (χ0v) is 5.29. The van der Waals surface area contributed by atoms with Gasteiger partial charge in [-0.15, -0.1) is 0 Å². The minimum atomic E-state index is -5.32. The van der Waals surface area contributed by atoms with Gasteiger partial charge in [0.05, 0.1) is 0 Å². The highest BCUT2D eigenvalue weighted by Crippen LogP contribution is 2.52. The Labute approximate surface area is 62.0 Å². The predicted molar refractivity (Wildman–Crippen MR) is 21.9 cm³/mol. The van der Waals surface area contributed by atoms with Crippen LogP contribution in [0.15, 0.2) is 0 Å². The lowest BCUT2D eigenvalue weighted by Crippen LogP contribution is -2.51. The first kappa shape index (κ1) is 9.59. The lowest BCUT2D eigenvalue weighted by molar-refractivity contribution is -0.279. The molecule has 0 N–H and O–H groups in total. The molecule has 1 heterocycles. The van der Waals surface area contributed by atoms with Gasteiger partial charge in [0, 0.05) is 0 Å². The largest absolute Gasteiger partial charge is 0.443 e. The number of rotatable bonds is 3. The highest BCUT2D eigenvalue weighted by Gasteiger charge is 2.81. The second kappa shape index (κ2) is 2.25. The summed E-state index contributed by atoms with van der Waals surface area (Å²) in [5, 5.41) is 0. The van der Waals surface area contributed by atoms with Gasteiger partial charge in [-0.25, -0.2) is 4.39 Å². The molecule has 0 aromatic carbocycles. The molecule has 8 heteroatoms. The molecular formula is C4H2F6O2. The Kier molecular flexibility index (Phi) is 1.80. The summed E-state index contributed by atoms with van der Waals surface area (Å²) in [6.45, 7) is -2.70. The summed E-state index contributed by atoms with van der Waals surface area (Å²) in [4.78, 5) is 5.97. The normalized spacial score (nSPS) is 22.5. The van der Waals surface area contributed by atoms with Gasteiger partial charge in [0.1, 0.15) is 0 Å². The summed E-state index contributed by atoms with van der Waals surface area (Å²) >= 11 is 0. The SMILES string of the molecule is FCC(F)(F)C(F)(F)C1(F)OO1. The topological polar surface area (TPSA) is 25.1 Å². The van der Waals surface area contributed by atoms with E-state index in [-0.39, 0.29) is 0 Å². The minimum absolute atomic E-state index is 2.70. The zero-order valence-electron chi connectivity index (χ0n) is 5.29. The van der Waals surface area contributed by atoms with Crippen LogP contribution in [0, 0.1) is 0 Å². The van der Waals surface area contributed by atoms with Gasteiger partial charge >= 0.3 is 17.9 Å². The quantitative estimate of drug-likeness (QED) is 0.390. The van der Waals surface area contributed by atoms with Gasteiger partial charge in [0.25, 0.3) is 0 Å². The highest BCUT2D eigenvalue weighted by molar-refractivity contribution is 4.94. The van der Waals surface area contributed by atoms with Crippen molar-refractivity contribution >= 4 is 0 Å². The third kappa shape index (κ3) is 1.06. The van der Waals surface area contributed by atoms with E-state index in [0.29, 0.717) is 0 Å². The molecule has 0 bridgehead atoms. The van der Waals surface area contributed by atoms with Crippen molar-refractivity contribution in [3.63, 3.8) is 0 Å². The van der Waals surface area contributed by atoms with Crippen LogP contribution in [-0.2, 0) is 9.78 Å². The predicted octanol–water partition coefficient (Wildman–Crippen LogP) is 1.81. The van der Waals surface area contributed by atoms with Gasteiger partial charge in [-0.05, 0) is 0 Å². The fraction of sp³-hybridized carbons (Fsp3) is 1.00. The van der Waals surface area contributed by atoms with Crippen LogP contribution in [0.4, 0.5) is 26.3 Å². The number of halogens is 6. The summed E-state index contributed by atoms with van der Waals surface area (Å²) < 4.78 is 71.6. The molecule has 2 nitrogen and oxygen atoms in total. The van der Waals surface area contributed by atoms with E-state index in [4.69, 9.17) is 0 Å². The van der Waals surface area contributed by atoms with Crippen molar-refractivity contribution in [1.82, 2.24) is 0 Å². The molecule has 0 aliphatic carbocycles. The fourth-order valence-electron chi connectivity index (χ4n) is 0.444. The molecule has 0 radical (unpaired) electrons. The van der Waals surface area contributed by atoms with Crippen molar-refractivity contribution in [2.24, 2.45) is 0 Å². The van der Waals surface area contributed by atoms with Gasteiger partial charge in [0.15, 0.2) is 6.67 Å². The lowest BCUT2D eigenvalue weighted by Gasteiger charge is -2.21. The summed E-state index contributed by atoms with van der Waals surface area (Å²) in [7, 11) is 0. The van der Waals surface area contributed by atoms with Crippen LogP contribution in [0.3, 0.4) is 0 Å². The standard InChI is InChI=1S/C4H2F6O2/c5-1-2(6,7)3(8,9)4(10)11-12-4/h1H2. The Morgan fingerprint density at radius 3 is 1.75 bits per heavy atom. The third-order valence-electron chi connectivity index (χ3n) is 1.23. The van der Waals surface area contributed by atoms with Gasteiger partial charge in [0.2, 0.25) is 0 Å². The Morgan fingerprint density at radius 2 is 1.50 bits per heavy atom. The molecule has 0 atom stereocenters. The van der Waals surface area contributed by atoms with Crippen LogP contribution in [0.1, 0.15) is 0 Å². The van der Waals surface area contributed by atoms with E-state index in [1.807, 2.05) is 0 Å². The third-order valence-corrected chi connectivity index (χ3v) is 1.23. The zero-order chi connectivity index (χ0) is 9.62. The van der Waals surface area contributed by atoms with E-state index in [2.05, 4.69) is 9.78 Å². The van der Waals surface area contributed by atoms with E-state index < -0.39 is 24.6 Å². The summed E-state index contributed by atoms with van der Waals surface area (Å²) in [6.07, 6.45) is 0. The van der Waals surface area contributed by atoms with Crippen molar-refractivity contribution in [3.05, 3.63) is 0 Å². The maximum absolute atomic E-state index is 12.2. The van der Waals surface area contributed by atoms with Crippen LogP contribution < -0.4 is 0 Å². The van der Waals surface area contributed by atoms with Gasteiger partial charge in [-0.3, -0.25) is 0 Å². The molecule has 1 fully saturated rings. The molecule has 12 heavy (non-hydrogen) atoms. The molecule has 0 amide bonds. The van der Waals surface area contributed by atoms with Crippen LogP contribution in [0.25, 0.3) is 0 Å². The van der Waals surface area contributed by atoms with Crippen LogP contribution in [0.2, 0.25) is 0 Å². The smallest absolute Gasteiger partial charge is 0.244 e. The first-order valence-corrected chi connectivity index (χ1v) is 2.64. The van der Waals surface area contributed by atoms with Crippen molar-refractivity contribution in [2.75, 3.05) is 6.67 Å². The molecule has 72 valence electrons. The van der Waals surface area contributed by atoms with Crippen molar-refractivity contribution in [1.29, 1.82) is 0 Å². The maximum atomic E-state index is 12.2. The molecule has 0 saturated carbocycles. The monoisotopic (exact) mass is 196 g/mol. The number of hydrogen-bond donors (Lipinski definition) is 0. The second-order valence-corrected chi connectivity index (χ2v) is 2.12. The average molecular weight is 196 g/mol. The molecule has 0 unspecified atom stereocenters. The minimum Gasteiger partial charge on any atom is -0.244 e. The summed E-state index contributed by atoms with van der Waals surface area (Å²) in [5.41, 5.74) is 0. The van der Waals surface area contributed by atoms with E-state index in [1.54, 1.807) is 0 Å². The van der Waals surface area contributed by atoms with Crippen molar-refractivity contribution in [3.8, 4) is 0 Å². The molecule has 0 spiro atoms. The average Bonchev–Trinajstić information content (AvgIpc) is 2.69. The first-order valence-electron chi connectivity index (χ1n) is 2.64. The van der Waals surface area contributed by atoms with Crippen molar-refractivity contribution < 1.29 is 36.1 Å². The fourth-order valence-corrected chi connectivity index (χ4v) is 0.444. The molecule has 0 aromatic heterocycles. The van der Waals surface area contributed by atoms with Crippen LogP contribution in [-0.4, -0.2) is 24.6 Å². The molecule has 1 rings (SSSR count). The molecule has 1 saturated heterocycles. The Hall–Kier alpha value is -0.500. The van der Waals surface area contributed by atoms with Crippen molar-refractivity contribution in [2.45, 2.75) is 17.9 Å². The molecule has 0 aromatic rings. The summed E-state index contributed by atoms with van der Waals surface area (Å²) in [6, 6.07) is -4.19. The van der Waals surface area contributed by atoms with Crippen LogP contribution in [0.5, 0.6) is 0 Å². The molecular weight excluding hydrogens is 194 g/mol. The Balaban J connectivity index is 2.84. The van der Waals surface area contributed by atoms with E-state index in [0.717, 1.165) is 0 Å². The first-order chi connectivity index (χ1) is 5.27. The Morgan fingerprint density at radius 1 is 1.08 bits per heavy atom. The van der Waals surface area contributed by atoms with Gasteiger partial charge < -0.3 is 0 Å². The van der Waals surface area contributed by atoms with E-state index in [9.17, 15) is 26.3 Å². The van der Waals surface area contributed by atoms with Gasteiger partial charge in [-0.1, -0.05) is 0 Å².